The number of carbonyl (C=O) groups excluding carboxylic acids is 1. The molecule has 2 rings (SSSR count). The summed E-state index contributed by atoms with van der Waals surface area (Å²) in [6, 6.07) is 6.58. The summed E-state index contributed by atoms with van der Waals surface area (Å²) in [6.45, 7) is 1.82. The average molecular weight is 269 g/mol. The van der Waals surface area contributed by atoms with Crippen molar-refractivity contribution < 1.29 is 13.6 Å². The number of rotatable bonds is 3. The van der Waals surface area contributed by atoms with E-state index in [9.17, 15) is 13.6 Å². The average Bonchev–Trinajstić information content (AvgIpc) is 2.52. The zero-order valence-corrected chi connectivity index (χ0v) is 10.6. The summed E-state index contributed by atoms with van der Waals surface area (Å²) in [7, 11) is 0. The number of hydrogen-bond acceptors (Lipinski definition) is 3. The molecule has 0 radical (unpaired) electrons. The molecule has 2 N–H and O–H groups in total. The summed E-state index contributed by atoms with van der Waals surface area (Å²) in [6.07, 6.45) is 0.542. The lowest BCUT2D eigenvalue weighted by atomic mass is 10.0. The van der Waals surface area contributed by atoms with Crippen LogP contribution in [0.4, 0.5) is 8.78 Å². The van der Waals surface area contributed by atoms with Crippen molar-refractivity contribution in [2.45, 2.75) is 24.0 Å². The summed E-state index contributed by atoms with van der Waals surface area (Å²) in [5.74, 6) is -2.59. The lowest BCUT2D eigenvalue weighted by Crippen LogP contribution is -2.05. The van der Waals surface area contributed by atoms with E-state index in [0.717, 1.165) is 0 Å². The van der Waals surface area contributed by atoms with Gasteiger partial charge in [-0.05, 0) is 24.1 Å². The molecule has 0 bridgehead atoms. The van der Waals surface area contributed by atoms with Crippen molar-refractivity contribution in [1.82, 2.24) is 0 Å². The van der Waals surface area contributed by atoms with Gasteiger partial charge in [-0.2, -0.15) is 8.78 Å². The first kappa shape index (κ1) is 13.1. The Morgan fingerprint density at radius 1 is 1.44 bits per heavy atom. The molecule has 0 spiro atoms. The molecule has 0 aliphatic heterocycles. The van der Waals surface area contributed by atoms with E-state index in [0.29, 0.717) is 39.9 Å². The summed E-state index contributed by atoms with van der Waals surface area (Å²) < 4.78 is 24.6. The summed E-state index contributed by atoms with van der Waals surface area (Å²) in [5.41, 5.74) is 7.51. The highest BCUT2D eigenvalue weighted by atomic mass is 32.2. The van der Waals surface area contributed by atoms with Gasteiger partial charge in [0.2, 0.25) is 0 Å². The highest BCUT2D eigenvalue weighted by Crippen LogP contribution is 2.34. The van der Waals surface area contributed by atoms with Crippen LogP contribution in [0, 0.1) is 5.92 Å². The number of thioether (sulfide) groups is 1. The van der Waals surface area contributed by atoms with E-state index in [1.54, 1.807) is 24.3 Å². The van der Waals surface area contributed by atoms with Gasteiger partial charge in [-0.15, -0.1) is 0 Å². The number of halogens is 2. The van der Waals surface area contributed by atoms with Crippen molar-refractivity contribution in [3.05, 3.63) is 35.5 Å². The zero-order valence-electron chi connectivity index (χ0n) is 9.82. The van der Waals surface area contributed by atoms with Gasteiger partial charge in [-0.1, -0.05) is 30.8 Å². The number of benzene rings is 1. The molecular formula is C13H13F2NOS. The highest BCUT2D eigenvalue weighted by molar-refractivity contribution is 7.99. The lowest BCUT2D eigenvalue weighted by Gasteiger charge is -2.06. The van der Waals surface area contributed by atoms with Gasteiger partial charge < -0.3 is 5.73 Å². The van der Waals surface area contributed by atoms with Crippen LogP contribution in [0.1, 0.15) is 18.9 Å². The third kappa shape index (κ3) is 2.56. The Hall–Kier alpha value is -1.36. The van der Waals surface area contributed by atoms with Crippen LogP contribution in [0.5, 0.6) is 0 Å². The summed E-state index contributed by atoms with van der Waals surface area (Å²) in [4.78, 5) is 12.4. The Kier molecular flexibility index (Phi) is 3.71. The van der Waals surface area contributed by atoms with E-state index in [2.05, 4.69) is 0 Å². The Morgan fingerprint density at radius 3 is 2.72 bits per heavy atom. The van der Waals surface area contributed by atoms with Gasteiger partial charge in [-0.25, -0.2) is 0 Å². The van der Waals surface area contributed by atoms with E-state index in [1.165, 1.54) is 0 Å². The fraction of sp³-hybridized carbons (Fsp3) is 0.308. The van der Waals surface area contributed by atoms with E-state index in [4.69, 9.17) is 5.73 Å². The van der Waals surface area contributed by atoms with Crippen LogP contribution in [-0.2, 0) is 4.79 Å². The quantitative estimate of drug-likeness (QED) is 0.856. The van der Waals surface area contributed by atoms with Crippen molar-refractivity contribution in [1.29, 1.82) is 0 Å². The molecule has 18 heavy (non-hydrogen) atoms. The van der Waals surface area contributed by atoms with Crippen LogP contribution in [0.25, 0.3) is 5.57 Å². The monoisotopic (exact) mass is 269 g/mol. The molecule has 1 aliphatic carbocycles. The molecule has 0 aromatic heterocycles. The van der Waals surface area contributed by atoms with Gasteiger partial charge in [0.15, 0.2) is 5.78 Å². The number of alkyl halides is 2. The fourth-order valence-electron chi connectivity index (χ4n) is 2.08. The minimum absolute atomic E-state index is 0.00769. The van der Waals surface area contributed by atoms with Crippen LogP contribution in [-0.4, -0.2) is 11.5 Å². The smallest absolute Gasteiger partial charge is 0.288 e. The number of Topliss-reactive ketones (excluding diaryl/α,β-unsaturated/α-hetero) is 1. The highest BCUT2D eigenvalue weighted by Gasteiger charge is 2.29. The molecule has 1 aromatic rings. The number of allylic oxidation sites excluding steroid dienone is 2. The Balaban J connectivity index is 2.34. The topological polar surface area (TPSA) is 43.1 Å². The molecular weight excluding hydrogens is 256 g/mol. The van der Waals surface area contributed by atoms with Crippen LogP contribution in [0.3, 0.4) is 0 Å². The number of hydrogen-bond donors (Lipinski definition) is 1. The second kappa shape index (κ2) is 5.10. The SMILES string of the molecule is CC1CC(N)=C(c2cccc(SC(F)F)c2)C1=O. The lowest BCUT2D eigenvalue weighted by molar-refractivity contribution is -0.116. The molecule has 0 saturated heterocycles. The summed E-state index contributed by atoms with van der Waals surface area (Å²) >= 11 is 0.467. The van der Waals surface area contributed by atoms with E-state index >= 15 is 0 Å². The molecule has 0 fully saturated rings. The van der Waals surface area contributed by atoms with Crippen molar-refractivity contribution in [3.8, 4) is 0 Å². The van der Waals surface area contributed by atoms with E-state index in [1.807, 2.05) is 6.92 Å². The molecule has 1 unspecified atom stereocenters. The second-order valence-corrected chi connectivity index (χ2v) is 5.34. The number of nitrogens with two attached hydrogens (primary N) is 1. The molecule has 1 aliphatic rings. The van der Waals surface area contributed by atoms with Crippen molar-refractivity contribution in [2.24, 2.45) is 11.7 Å². The largest absolute Gasteiger partial charge is 0.401 e. The van der Waals surface area contributed by atoms with Gasteiger partial charge in [0.25, 0.3) is 5.76 Å². The Bertz CT molecular complexity index is 513. The van der Waals surface area contributed by atoms with Gasteiger partial charge >= 0.3 is 0 Å². The second-order valence-electron chi connectivity index (χ2n) is 4.28. The molecule has 2 nitrogen and oxygen atoms in total. The van der Waals surface area contributed by atoms with Gasteiger partial charge in [0, 0.05) is 22.1 Å². The van der Waals surface area contributed by atoms with E-state index in [-0.39, 0.29) is 11.7 Å². The van der Waals surface area contributed by atoms with E-state index < -0.39 is 5.76 Å². The Labute approximate surface area is 108 Å². The molecule has 96 valence electrons. The predicted molar refractivity (Wildman–Crippen MR) is 68.2 cm³/mol. The normalized spacial score (nSPS) is 20.0. The first-order valence-corrected chi connectivity index (χ1v) is 6.45. The predicted octanol–water partition coefficient (Wildman–Crippen LogP) is 3.28. The van der Waals surface area contributed by atoms with Crippen LogP contribution < -0.4 is 5.73 Å². The molecule has 0 saturated carbocycles. The maximum atomic E-state index is 12.3. The summed E-state index contributed by atoms with van der Waals surface area (Å²) in [5, 5.41) is 0. The maximum Gasteiger partial charge on any atom is 0.288 e. The molecule has 0 heterocycles. The van der Waals surface area contributed by atoms with Crippen LogP contribution in [0.15, 0.2) is 34.9 Å². The van der Waals surface area contributed by atoms with Crippen molar-refractivity contribution >= 4 is 23.1 Å². The van der Waals surface area contributed by atoms with Crippen LogP contribution in [0.2, 0.25) is 0 Å². The fourth-order valence-corrected chi connectivity index (χ4v) is 2.64. The minimum Gasteiger partial charge on any atom is -0.401 e. The standard InChI is InChI=1S/C13H13F2NOS/c1-7-5-10(16)11(12(7)17)8-3-2-4-9(6-8)18-13(14)15/h2-4,6-7,13H,5,16H2,1H3. The number of ketones is 1. The molecule has 5 heteroatoms. The Morgan fingerprint density at radius 2 is 2.17 bits per heavy atom. The number of carbonyl (C=O) groups is 1. The minimum atomic E-state index is -2.47. The third-order valence-electron chi connectivity index (χ3n) is 2.89. The van der Waals surface area contributed by atoms with Gasteiger partial charge in [0.1, 0.15) is 0 Å². The molecule has 1 atom stereocenters. The van der Waals surface area contributed by atoms with Gasteiger partial charge in [0.05, 0.1) is 0 Å². The first-order valence-electron chi connectivity index (χ1n) is 5.57. The van der Waals surface area contributed by atoms with Crippen molar-refractivity contribution in [2.75, 3.05) is 0 Å². The molecule has 1 aromatic carbocycles. The third-order valence-corrected chi connectivity index (χ3v) is 3.59. The van der Waals surface area contributed by atoms with Crippen LogP contribution >= 0.6 is 11.8 Å². The zero-order chi connectivity index (χ0) is 13.3. The van der Waals surface area contributed by atoms with Gasteiger partial charge in [-0.3, -0.25) is 4.79 Å². The maximum absolute atomic E-state index is 12.3. The first-order chi connectivity index (χ1) is 8.49. The molecule has 0 amide bonds. The van der Waals surface area contributed by atoms with Crippen molar-refractivity contribution in [3.63, 3.8) is 0 Å².